The Morgan fingerprint density at radius 1 is 0.581 bits per heavy atom. The molecular formula is C31H48. The maximum atomic E-state index is 2.51. The third-order valence-corrected chi connectivity index (χ3v) is 6.57. The Morgan fingerprint density at radius 3 is 1.39 bits per heavy atom. The van der Waals surface area contributed by atoms with Gasteiger partial charge in [-0.25, -0.2) is 0 Å². The highest BCUT2D eigenvalue weighted by Crippen LogP contribution is 2.44. The van der Waals surface area contributed by atoms with E-state index in [1.165, 1.54) is 27.8 Å². The SMILES string of the molecule is CCC(c1cccc(C(C)(C)C)c1)c1c(C(C)(C)C)cc(C(C)(C)C)cc1C(C)(C)C. The standard InChI is InChI=1S/C31H48/c1-14-24(21-16-15-17-22(18-21)28(2,3)4)27-25(30(8,9)10)19-23(29(5,6)7)20-26(27)31(11,12)13/h15-20,24H,14H2,1-13H3. The Labute approximate surface area is 193 Å². The van der Waals surface area contributed by atoms with E-state index in [0.717, 1.165) is 6.42 Å². The van der Waals surface area contributed by atoms with Crippen molar-refractivity contribution >= 4 is 0 Å². The zero-order valence-electron chi connectivity index (χ0n) is 22.7. The van der Waals surface area contributed by atoms with Crippen LogP contribution in [0, 0.1) is 0 Å². The smallest absolute Gasteiger partial charge is 0.00927 e. The molecule has 0 saturated carbocycles. The molecule has 1 unspecified atom stereocenters. The van der Waals surface area contributed by atoms with Crippen molar-refractivity contribution in [2.75, 3.05) is 0 Å². The van der Waals surface area contributed by atoms with E-state index in [-0.39, 0.29) is 21.7 Å². The number of hydrogen-bond acceptors (Lipinski definition) is 0. The minimum Gasteiger partial charge on any atom is -0.0645 e. The summed E-state index contributed by atoms with van der Waals surface area (Å²) in [5, 5.41) is 0. The average Bonchev–Trinajstić information content (AvgIpc) is 2.59. The minimum atomic E-state index is 0.0889. The average molecular weight is 421 g/mol. The lowest BCUT2D eigenvalue weighted by molar-refractivity contribution is 0.528. The van der Waals surface area contributed by atoms with Gasteiger partial charge in [0.15, 0.2) is 0 Å². The molecular weight excluding hydrogens is 372 g/mol. The summed E-state index contributed by atoms with van der Waals surface area (Å²) >= 11 is 0. The van der Waals surface area contributed by atoms with Gasteiger partial charge in [0.05, 0.1) is 0 Å². The fraction of sp³-hybridized carbons (Fsp3) is 0.613. The van der Waals surface area contributed by atoms with Crippen molar-refractivity contribution in [2.45, 2.75) is 124 Å². The number of hydrogen-bond donors (Lipinski definition) is 0. The molecule has 2 rings (SSSR count). The summed E-state index contributed by atoms with van der Waals surface area (Å²) in [7, 11) is 0. The molecule has 1 atom stereocenters. The normalized spacial score (nSPS) is 14.6. The highest BCUT2D eigenvalue weighted by atomic mass is 14.4. The second-order valence-electron chi connectivity index (χ2n) is 13.6. The molecule has 2 aromatic carbocycles. The van der Waals surface area contributed by atoms with Gasteiger partial charge in [-0.1, -0.05) is 126 Å². The quantitative estimate of drug-likeness (QED) is 0.464. The van der Waals surface area contributed by atoms with Crippen molar-refractivity contribution in [2.24, 2.45) is 0 Å². The summed E-state index contributed by atoms with van der Waals surface area (Å²) in [6.45, 7) is 30.6. The maximum absolute atomic E-state index is 2.51. The van der Waals surface area contributed by atoms with E-state index in [2.05, 4.69) is 126 Å². The van der Waals surface area contributed by atoms with E-state index in [9.17, 15) is 0 Å². The number of benzene rings is 2. The Morgan fingerprint density at radius 2 is 1.03 bits per heavy atom. The molecule has 0 spiro atoms. The molecule has 0 fully saturated rings. The first-order valence-electron chi connectivity index (χ1n) is 12.2. The molecule has 0 amide bonds. The molecule has 0 heteroatoms. The molecule has 0 radical (unpaired) electrons. The zero-order chi connectivity index (χ0) is 24.0. The first-order chi connectivity index (χ1) is 13.9. The van der Waals surface area contributed by atoms with Crippen LogP contribution in [0.5, 0.6) is 0 Å². The van der Waals surface area contributed by atoms with Crippen LogP contribution in [0.25, 0.3) is 0 Å². The van der Waals surface area contributed by atoms with Crippen LogP contribution < -0.4 is 0 Å². The summed E-state index contributed by atoms with van der Waals surface area (Å²) in [5.41, 5.74) is 9.37. The molecule has 0 saturated heterocycles. The highest BCUT2D eigenvalue weighted by Gasteiger charge is 2.32. The van der Waals surface area contributed by atoms with Crippen molar-refractivity contribution in [1.29, 1.82) is 0 Å². The maximum Gasteiger partial charge on any atom is 0.00927 e. The molecule has 0 aliphatic heterocycles. The first kappa shape index (κ1) is 25.7. The third-order valence-electron chi connectivity index (χ3n) is 6.57. The predicted molar refractivity (Wildman–Crippen MR) is 140 cm³/mol. The van der Waals surface area contributed by atoms with Crippen LogP contribution in [0.2, 0.25) is 0 Å². The van der Waals surface area contributed by atoms with Crippen molar-refractivity contribution < 1.29 is 0 Å². The Kier molecular flexibility index (Phi) is 6.98. The Hall–Kier alpha value is -1.56. The van der Waals surface area contributed by atoms with Crippen molar-refractivity contribution in [3.05, 3.63) is 69.8 Å². The molecule has 0 N–H and O–H groups in total. The van der Waals surface area contributed by atoms with Gasteiger partial charge in [0.1, 0.15) is 0 Å². The first-order valence-corrected chi connectivity index (χ1v) is 12.2. The van der Waals surface area contributed by atoms with Gasteiger partial charge in [-0.2, -0.15) is 0 Å². The topological polar surface area (TPSA) is 0 Å². The predicted octanol–water partition coefficient (Wildman–Crippen LogP) is 9.42. The molecule has 172 valence electrons. The van der Waals surface area contributed by atoms with Crippen LogP contribution >= 0.6 is 0 Å². The molecule has 0 aromatic heterocycles. The molecule has 31 heavy (non-hydrogen) atoms. The summed E-state index contributed by atoms with van der Waals surface area (Å²) in [5.74, 6) is 0.403. The van der Waals surface area contributed by atoms with E-state index in [1.54, 1.807) is 5.56 Å². The largest absolute Gasteiger partial charge is 0.0645 e. The van der Waals surface area contributed by atoms with Gasteiger partial charge in [-0.15, -0.1) is 0 Å². The van der Waals surface area contributed by atoms with Crippen molar-refractivity contribution in [3.63, 3.8) is 0 Å². The van der Waals surface area contributed by atoms with E-state index >= 15 is 0 Å². The minimum absolute atomic E-state index is 0.0889. The van der Waals surface area contributed by atoms with Gasteiger partial charge in [-0.05, 0) is 61.5 Å². The highest BCUT2D eigenvalue weighted by molar-refractivity contribution is 5.52. The van der Waals surface area contributed by atoms with Gasteiger partial charge in [0, 0.05) is 5.92 Å². The molecule has 2 aromatic rings. The third kappa shape index (κ3) is 5.82. The van der Waals surface area contributed by atoms with Crippen LogP contribution in [0.15, 0.2) is 36.4 Å². The van der Waals surface area contributed by atoms with E-state index < -0.39 is 0 Å². The monoisotopic (exact) mass is 420 g/mol. The van der Waals surface area contributed by atoms with Crippen LogP contribution in [0.1, 0.15) is 136 Å². The summed E-state index contributed by atoms with van der Waals surface area (Å²) in [6.07, 6.45) is 1.11. The molecule has 0 heterocycles. The molecule has 0 bridgehead atoms. The fourth-order valence-corrected chi connectivity index (χ4v) is 4.53. The van der Waals surface area contributed by atoms with Gasteiger partial charge in [-0.3, -0.25) is 0 Å². The second-order valence-corrected chi connectivity index (χ2v) is 13.6. The van der Waals surface area contributed by atoms with Crippen LogP contribution in [0.4, 0.5) is 0 Å². The van der Waals surface area contributed by atoms with Gasteiger partial charge in [0.25, 0.3) is 0 Å². The summed E-state index contributed by atoms with van der Waals surface area (Å²) in [4.78, 5) is 0. The van der Waals surface area contributed by atoms with Gasteiger partial charge < -0.3 is 0 Å². The Balaban J connectivity index is 2.93. The lowest BCUT2D eigenvalue weighted by Crippen LogP contribution is -2.26. The Bertz CT molecular complexity index is 864. The fourth-order valence-electron chi connectivity index (χ4n) is 4.53. The van der Waals surface area contributed by atoms with Crippen LogP contribution in [0.3, 0.4) is 0 Å². The van der Waals surface area contributed by atoms with E-state index in [0.29, 0.717) is 5.92 Å². The van der Waals surface area contributed by atoms with Crippen LogP contribution in [-0.4, -0.2) is 0 Å². The van der Waals surface area contributed by atoms with E-state index in [4.69, 9.17) is 0 Å². The van der Waals surface area contributed by atoms with E-state index in [1.807, 2.05) is 0 Å². The molecule has 0 aliphatic rings. The second kappa shape index (κ2) is 8.42. The molecule has 0 aliphatic carbocycles. The van der Waals surface area contributed by atoms with Crippen molar-refractivity contribution in [3.8, 4) is 0 Å². The summed E-state index contributed by atoms with van der Waals surface area (Å²) in [6, 6.07) is 14.4. The van der Waals surface area contributed by atoms with Gasteiger partial charge >= 0.3 is 0 Å². The van der Waals surface area contributed by atoms with Crippen LogP contribution in [-0.2, 0) is 21.7 Å². The lowest BCUT2D eigenvalue weighted by atomic mass is 9.68. The van der Waals surface area contributed by atoms with Gasteiger partial charge in [0.2, 0.25) is 0 Å². The van der Waals surface area contributed by atoms with Crippen molar-refractivity contribution in [1.82, 2.24) is 0 Å². The lowest BCUT2D eigenvalue weighted by Gasteiger charge is -2.37. The number of rotatable bonds is 3. The summed E-state index contributed by atoms with van der Waals surface area (Å²) < 4.78 is 0. The molecule has 0 nitrogen and oxygen atoms in total. The zero-order valence-corrected chi connectivity index (χ0v) is 22.7.